The smallest absolute Gasteiger partial charge is 0.223 e. The number of nitrogens with zero attached hydrogens (tertiary/aromatic N) is 3. The summed E-state index contributed by atoms with van der Waals surface area (Å²) in [5.74, 6) is 4.00. The maximum atomic E-state index is 13.4. The van der Waals surface area contributed by atoms with Crippen molar-refractivity contribution in [3.63, 3.8) is 0 Å². The molecule has 0 atom stereocenters. The first-order valence-electron chi connectivity index (χ1n) is 5.46. The average Bonchev–Trinajstić information content (AvgIpc) is 2.78. The van der Waals surface area contributed by atoms with Crippen molar-refractivity contribution in [2.45, 2.75) is 13.3 Å². The van der Waals surface area contributed by atoms with Crippen molar-refractivity contribution >= 4 is 11.6 Å². The monoisotopic (exact) mass is 270 g/mol. The van der Waals surface area contributed by atoms with Gasteiger partial charge in [0.05, 0.1) is 0 Å². The molecule has 0 aliphatic carbocycles. The Bertz CT molecular complexity index is 573. The van der Waals surface area contributed by atoms with Gasteiger partial charge in [-0.25, -0.2) is 19.6 Å². The summed E-state index contributed by atoms with van der Waals surface area (Å²) in [6.07, 6.45) is 0.418. The van der Waals surface area contributed by atoms with E-state index in [-0.39, 0.29) is 11.6 Å². The Morgan fingerprint density at radius 1 is 1.26 bits per heavy atom. The molecular formula is C10H12F2N6O. The maximum absolute atomic E-state index is 13.4. The molecule has 4 N–H and O–H groups in total. The van der Waals surface area contributed by atoms with Gasteiger partial charge in [0, 0.05) is 26.0 Å². The van der Waals surface area contributed by atoms with E-state index in [9.17, 15) is 8.78 Å². The Labute approximate surface area is 107 Å². The van der Waals surface area contributed by atoms with Crippen LogP contribution in [0.1, 0.15) is 11.7 Å². The SMILES string of the molecule is Cc1nc(CCNc2nc(NN)c(F)cc2F)no1. The van der Waals surface area contributed by atoms with Gasteiger partial charge in [-0.2, -0.15) is 4.98 Å². The number of nitrogens with two attached hydrogens (primary N) is 1. The molecule has 102 valence electrons. The van der Waals surface area contributed by atoms with Crippen LogP contribution in [0.5, 0.6) is 0 Å². The Morgan fingerprint density at radius 3 is 2.63 bits per heavy atom. The van der Waals surface area contributed by atoms with E-state index >= 15 is 0 Å². The van der Waals surface area contributed by atoms with Crippen molar-refractivity contribution in [3.8, 4) is 0 Å². The number of aromatic nitrogens is 3. The summed E-state index contributed by atoms with van der Waals surface area (Å²) in [6, 6.07) is 0.697. The van der Waals surface area contributed by atoms with Gasteiger partial charge in [0.1, 0.15) is 0 Å². The zero-order valence-electron chi connectivity index (χ0n) is 10.1. The van der Waals surface area contributed by atoms with Crippen LogP contribution in [0.4, 0.5) is 20.4 Å². The molecule has 0 amide bonds. The third kappa shape index (κ3) is 3.13. The molecular weight excluding hydrogens is 258 g/mol. The van der Waals surface area contributed by atoms with Crippen molar-refractivity contribution in [3.05, 3.63) is 29.4 Å². The number of nitrogen functional groups attached to an aromatic ring is 1. The van der Waals surface area contributed by atoms with Crippen LogP contribution in [-0.2, 0) is 6.42 Å². The van der Waals surface area contributed by atoms with Crippen LogP contribution in [0.3, 0.4) is 0 Å². The van der Waals surface area contributed by atoms with Crippen molar-refractivity contribution in [2.75, 3.05) is 17.3 Å². The molecule has 0 radical (unpaired) electrons. The van der Waals surface area contributed by atoms with E-state index < -0.39 is 11.6 Å². The van der Waals surface area contributed by atoms with Crippen LogP contribution < -0.4 is 16.6 Å². The van der Waals surface area contributed by atoms with Gasteiger partial charge in [-0.3, -0.25) is 0 Å². The summed E-state index contributed by atoms with van der Waals surface area (Å²) < 4.78 is 31.3. The summed E-state index contributed by atoms with van der Waals surface area (Å²) in [6.45, 7) is 1.99. The van der Waals surface area contributed by atoms with Gasteiger partial charge >= 0.3 is 0 Å². The summed E-state index contributed by atoms with van der Waals surface area (Å²) in [5.41, 5.74) is 2.04. The van der Waals surface area contributed by atoms with Crippen LogP contribution >= 0.6 is 0 Å². The molecule has 0 saturated heterocycles. The topological polar surface area (TPSA) is 102 Å². The number of hydrogen-bond donors (Lipinski definition) is 3. The quantitative estimate of drug-likeness (QED) is 0.550. The second kappa shape index (κ2) is 5.57. The molecule has 2 aromatic rings. The fourth-order valence-corrected chi connectivity index (χ4v) is 1.43. The lowest BCUT2D eigenvalue weighted by molar-refractivity contribution is 0.387. The first kappa shape index (κ1) is 13.1. The number of halogens is 2. The number of hydrazine groups is 1. The molecule has 0 bridgehead atoms. The second-order valence-corrected chi connectivity index (χ2v) is 3.70. The molecule has 0 unspecified atom stereocenters. The molecule has 0 saturated carbocycles. The van der Waals surface area contributed by atoms with Gasteiger partial charge in [-0.05, 0) is 0 Å². The van der Waals surface area contributed by atoms with Crippen molar-refractivity contribution < 1.29 is 13.3 Å². The highest BCUT2D eigenvalue weighted by Gasteiger charge is 2.11. The molecule has 2 heterocycles. The summed E-state index contributed by atoms with van der Waals surface area (Å²) in [5, 5.41) is 6.39. The minimum atomic E-state index is -0.862. The largest absolute Gasteiger partial charge is 0.367 e. The zero-order chi connectivity index (χ0) is 13.8. The molecule has 2 aromatic heterocycles. The zero-order valence-corrected chi connectivity index (χ0v) is 10.1. The molecule has 0 fully saturated rings. The minimum Gasteiger partial charge on any atom is -0.367 e. The second-order valence-electron chi connectivity index (χ2n) is 3.70. The number of nitrogens with one attached hydrogen (secondary N) is 2. The van der Waals surface area contributed by atoms with Crippen LogP contribution in [0, 0.1) is 18.6 Å². The number of anilines is 2. The van der Waals surface area contributed by atoms with Crippen LogP contribution in [-0.4, -0.2) is 21.7 Å². The molecule has 0 spiro atoms. The molecule has 0 aliphatic rings. The highest BCUT2D eigenvalue weighted by molar-refractivity contribution is 5.46. The highest BCUT2D eigenvalue weighted by Crippen LogP contribution is 2.17. The highest BCUT2D eigenvalue weighted by atomic mass is 19.1. The summed E-state index contributed by atoms with van der Waals surface area (Å²) in [4.78, 5) is 7.65. The standard InChI is InChI=1S/C10H12F2N6O/c1-5-15-8(18-19-5)2-3-14-9-6(11)4-7(12)10(16-9)17-13/h4H,2-3,13H2,1H3,(H2,14,16,17). The maximum Gasteiger partial charge on any atom is 0.223 e. The fourth-order valence-electron chi connectivity index (χ4n) is 1.43. The first-order chi connectivity index (χ1) is 9.10. The van der Waals surface area contributed by atoms with E-state index in [1.165, 1.54) is 0 Å². The van der Waals surface area contributed by atoms with Crippen LogP contribution in [0.2, 0.25) is 0 Å². The number of pyridine rings is 1. The third-order valence-corrected chi connectivity index (χ3v) is 2.28. The van der Waals surface area contributed by atoms with E-state index in [0.29, 0.717) is 30.7 Å². The number of rotatable bonds is 5. The van der Waals surface area contributed by atoms with Crippen molar-refractivity contribution in [1.82, 2.24) is 15.1 Å². The van der Waals surface area contributed by atoms with Crippen LogP contribution in [0.25, 0.3) is 0 Å². The predicted molar refractivity (Wildman–Crippen MR) is 63.2 cm³/mol. The lowest BCUT2D eigenvalue weighted by Crippen LogP contribution is -2.14. The minimum absolute atomic E-state index is 0.102. The molecule has 2 rings (SSSR count). The number of aryl methyl sites for hydroxylation is 1. The molecule has 19 heavy (non-hydrogen) atoms. The molecule has 0 aliphatic heterocycles. The van der Waals surface area contributed by atoms with E-state index in [4.69, 9.17) is 10.4 Å². The van der Waals surface area contributed by atoms with E-state index in [1.54, 1.807) is 6.92 Å². The van der Waals surface area contributed by atoms with E-state index in [0.717, 1.165) is 0 Å². The Hall–Kier alpha value is -2.29. The Kier molecular flexibility index (Phi) is 3.85. The summed E-state index contributed by atoms with van der Waals surface area (Å²) >= 11 is 0. The summed E-state index contributed by atoms with van der Waals surface area (Å²) in [7, 11) is 0. The molecule has 0 aromatic carbocycles. The normalized spacial score (nSPS) is 10.5. The van der Waals surface area contributed by atoms with Gasteiger partial charge in [0.25, 0.3) is 0 Å². The number of hydrogen-bond acceptors (Lipinski definition) is 7. The van der Waals surface area contributed by atoms with Gasteiger partial charge in [-0.1, -0.05) is 5.16 Å². The third-order valence-electron chi connectivity index (χ3n) is 2.28. The van der Waals surface area contributed by atoms with Crippen LogP contribution in [0.15, 0.2) is 10.6 Å². The van der Waals surface area contributed by atoms with E-state index in [1.807, 2.05) is 5.43 Å². The van der Waals surface area contributed by atoms with E-state index in [2.05, 4.69) is 20.4 Å². The lowest BCUT2D eigenvalue weighted by Gasteiger charge is -2.08. The Balaban J connectivity index is 1.99. The van der Waals surface area contributed by atoms with Gasteiger partial charge in [0.2, 0.25) is 5.89 Å². The Morgan fingerprint density at radius 2 is 2.00 bits per heavy atom. The van der Waals surface area contributed by atoms with Gasteiger partial charge in [0.15, 0.2) is 29.1 Å². The van der Waals surface area contributed by atoms with Crippen molar-refractivity contribution in [1.29, 1.82) is 0 Å². The van der Waals surface area contributed by atoms with Gasteiger partial charge in [-0.15, -0.1) is 0 Å². The van der Waals surface area contributed by atoms with Crippen molar-refractivity contribution in [2.24, 2.45) is 5.84 Å². The predicted octanol–water partition coefficient (Wildman–Crippen LogP) is 0.991. The fraction of sp³-hybridized carbons (Fsp3) is 0.300. The average molecular weight is 270 g/mol. The van der Waals surface area contributed by atoms with Gasteiger partial charge < -0.3 is 15.3 Å². The lowest BCUT2D eigenvalue weighted by atomic mass is 10.3. The first-order valence-corrected chi connectivity index (χ1v) is 5.46. The molecule has 7 nitrogen and oxygen atoms in total. The molecule has 9 heteroatoms.